The highest BCUT2D eigenvalue weighted by molar-refractivity contribution is 5.60. The lowest BCUT2D eigenvalue weighted by Crippen LogP contribution is -2.16. The molecule has 0 saturated heterocycles. The van der Waals surface area contributed by atoms with Gasteiger partial charge in [0.2, 0.25) is 0 Å². The molecule has 0 spiro atoms. The molecule has 0 unspecified atom stereocenters. The Morgan fingerprint density at radius 3 is 2.10 bits per heavy atom. The highest BCUT2D eigenvalue weighted by Crippen LogP contribution is 2.26. The maximum absolute atomic E-state index is 4.79. The first-order valence-electron chi connectivity index (χ1n) is 7.51. The number of benzene rings is 1. The first-order chi connectivity index (χ1) is 9.79. The van der Waals surface area contributed by atoms with Gasteiger partial charge in [-0.15, -0.1) is 0 Å². The average molecular weight is 283 g/mol. The van der Waals surface area contributed by atoms with Gasteiger partial charge in [0.25, 0.3) is 0 Å². The number of rotatable bonds is 3. The molecule has 2 rings (SSSR count). The standard InChI is InChI=1S/C18H25N3/c1-7-19-16-11-15(18(4,5)6)20-17(21-16)14-9-12(2)8-13(3)10-14/h8-11H,7H2,1-6H3,(H,19,20,21). The van der Waals surface area contributed by atoms with E-state index in [9.17, 15) is 0 Å². The summed E-state index contributed by atoms with van der Waals surface area (Å²) in [6, 6.07) is 8.51. The first kappa shape index (κ1) is 15.5. The van der Waals surface area contributed by atoms with E-state index in [4.69, 9.17) is 4.98 Å². The monoisotopic (exact) mass is 283 g/mol. The summed E-state index contributed by atoms with van der Waals surface area (Å²) >= 11 is 0. The van der Waals surface area contributed by atoms with E-state index in [1.807, 2.05) is 0 Å². The van der Waals surface area contributed by atoms with Crippen molar-refractivity contribution in [2.75, 3.05) is 11.9 Å². The van der Waals surface area contributed by atoms with Gasteiger partial charge in [-0.1, -0.05) is 38.0 Å². The molecule has 1 aromatic heterocycles. The van der Waals surface area contributed by atoms with Crippen molar-refractivity contribution in [3.63, 3.8) is 0 Å². The second-order valence-electron chi connectivity index (χ2n) is 6.62. The summed E-state index contributed by atoms with van der Waals surface area (Å²) in [6.07, 6.45) is 0. The van der Waals surface area contributed by atoms with Crippen molar-refractivity contribution in [1.82, 2.24) is 9.97 Å². The number of nitrogens with zero attached hydrogens (tertiary/aromatic N) is 2. The van der Waals surface area contributed by atoms with Crippen LogP contribution in [0.3, 0.4) is 0 Å². The van der Waals surface area contributed by atoms with Crippen LogP contribution in [0.4, 0.5) is 5.82 Å². The highest BCUT2D eigenvalue weighted by Gasteiger charge is 2.18. The molecule has 112 valence electrons. The Labute approximate surface area is 127 Å². The van der Waals surface area contributed by atoms with Gasteiger partial charge in [0.1, 0.15) is 5.82 Å². The van der Waals surface area contributed by atoms with Crippen molar-refractivity contribution in [2.24, 2.45) is 0 Å². The van der Waals surface area contributed by atoms with Crippen LogP contribution >= 0.6 is 0 Å². The quantitative estimate of drug-likeness (QED) is 0.902. The molecule has 3 nitrogen and oxygen atoms in total. The third kappa shape index (κ3) is 3.81. The molecule has 0 aliphatic heterocycles. The molecule has 1 heterocycles. The zero-order valence-corrected chi connectivity index (χ0v) is 13.9. The van der Waals surface area contributed by atoms with E-state index >= 15 is 0 Å². The van der Waals surface area contributed by atoms with Crippen LogP contribution in [0.1, 0.15) is 44.5 Å². The first-order valence-corrected chi connectivity index (χ1v) is 7.51. The number of hydrogen-bond donors (Lipinski definition) is 1. The van der Waals surface area contributed by atoms with Crippen LogP contribution in [-0.2, 0) is 5.41 Å². The van der Waals surface area contributed by atoms with Gasteiger partial charge in [0.15, 0.2) is 5.82 Å². The Morgan fingerprint density at radius 1 is 0.952 bits per heavy atom. The Balaban J connectivity index is 2.59. The van der Waals surface area contributed by atoms with E-state index in [1.54, 1.807) is 0 Å². The van der Waals surface area contributed by atoms with Crippen molar-refractivity contribution >= 4 is 5.82 Å². The number of nitrogens with one attached hydrogen (secondary N) is 1. The summed E-state index contributed by atoms with van der Waals surface area (Å²) in [5.41, 5.74) is 4.61. The van der Waals surface area contributed by atoms with Crippen LogP contribution in [0.15, 0.2) is 24.3 Å². The Bertz CT molecular complexity index is 619. The van der Waals surface area contributed by atoms with Crippen molar-refractivity contribution in [3.8, 4) is 11.4 Å². The lowest BCUT2D eigenvalue weighted by Gasteiger charge is -2.20. The van der Waals surface area contributed by atoms with Crippen LogP contribution in [0, 0.1) is 13.8 Å². The topological polar surface area (TPSA) is 37.8 Å². The Hall–Kier alpha value is -1.90. The molecule has 0 atom stereocenters. The van der Waals surface area contributed by atoms with Gasteiger partial charge in [-0.3, -0.25) is 0 Å². The molecule has 3 heteroatoms. The predicted molar refractivity (Wildman–Crippen MR) is 89.8 cm³/mol. The normalized spacial score (nSPS) is 11.5. The molecule has 0 bridgehead atoms. The molecule has 1 N–H and O–H groups in total. The average Bonchev–Trinajstić information content (AvgIpc) is 2.36. The minimum absolute atomic E-state index is 0.000725. The van der Waals surface area contributed by atoms with Crippen molar-refractivity contribution in [2.45, 2.75) is 47.0 Å². The summed E-state index contributed by atoms with van der Waals surface area (Å²) in [4.78, 5) is 9.46. The SMILES string of the molecule is CCNc1cc(C(C)(C)C)nc(-c2cc(C)cc(C)c2)n1. The summed E-state index contributed by atoms with van der Waals surface area (Å²) in [7, 11) is 0. The van der Waals surface area contributed by atoms with Crippen LogP contribution in [0.2, 0.25) is 0 Å². The molecule has 0 aliphatic rings. The van der Waals surface area contributed by atoms with Crippen molar-refractivity contribution in [1.29, 1.82) is 0 Å². The summed E-state index contributed by atoms with van der Waals surface area (Å²) < 4.78 is 0. The molecule has 0 saturated carbocycles. The second kappa shape index (κ2) is 5.84. The van der Waals surface area contributed by atoms with Gasteiger partial charge in [0.05, 0.1) is 5.69 Å². The van der Waals surface area contributed by atoms with Crippen molar-refractivity contribution < 1.29 is 0 Å². The molecule has 0 fully saturated rings. The number of anilines is 1. The third-order valence-corrected chi connectivity index (χ3v) is 3.33. The van der Waals surface area contributed by atoms with Crippen LogP contribution < -0.4 is 5.32 Å². The van der Waals surface area contributed by atoms with Gasteiger partial charge >= 0.3 is 0 Å². The van der Waals surface area contributed by atoms with E-state index in [1.165, 1.54) is 11.1 Å². The third-order valence-electron chi connectivity index (χ3n) is 3.33. The number of aromatic nitrogens is 2. The molecule has 0 aliphatic carbocycles. The van der Waals surface area contributed by atoms with E-state index in [0.717, 1.165) is 29.4 Å². The van der Waals surface area contributed by atoms with E-state index in [0.29, 0.717) is 0 Å². The zero-order chi connectivity index (χ0) is 15.6. The summed E-state index contributed by atoms with van der Waals surface area (Å²) in [6.45, 7) is 13.7. The lowest BCUT2D eigenvalue weighted by molar-refractivity contribution is 0.568. The fourth-order valence-corrected chi connectivity index (χ4v) is 2.34. The predicted octanol–water partition coefficient (Wildman–Crippen LogP) is 4.49. The maximum atomic E-state index is 4.79. The van der Waals surface area contributed by atoms with Gasteiger partial charge < -0.3 is 5.32 Å². The smallest absolute Gasteiger partial charge is 0.161 e. The molecule has 0 radical (unpaired) electrons. The molecule has 2 aromatic rings. The molecule has 0 amide bonds. The second-order valence-corrected chi connectivity index (χ2v) is 6.62. The maximum Gasteiger partial charge on any atom is 0.161 e. The number of aryl methyl sites for hydroxylation is 2. The summed E-state index contributed by atoms with van der Waals surface area (Å²) in [5.74, 6) is 1.69. The van der Waals surface area contributed by atoms with Crippen LogP contribution in [-0.4, -0.2) is 16.5 Å². The van der Waals surface area contributed by atoms with E-state index < -0.39 is 0 Å². The van der Waals surface area contributed by atoms with E-state index in [-0.39, 0.29) is 5.41 Å². The largest absolute Gasteiger partial charge is 0.370 e. The highest BCUT2D eigenvalue weighted by atomic mass is 15.0. The summed E-state index contributed by atoms with van der Waals surface area (Å²) in [5, 5.41) is 3.31. The molecular weight excluding hydrogens is 258 g/mol. The van der Waals surface area contributed by atoms with Crippen LogP contribution in [0.5, 0.6) is 0 Å². The molecular formula is C18H25N3. The minimum Gasteiger partial charge on any atom is -0.370 e. The minimum atomic E-state index is 0.000725. The Morgan fingerprint density at radius 2 is 1.57 bits per heavy atom. The van der Waals surface area contributed by atoms with E-state index in [2.05, 4.69) is 76.1 Å². The zero-order valence-electron chi connectivity index (χ0n) is 13.9. The number of hydrogen-bond acceptors (Lipinski definition) is 3. The van der Waals surface area contributed by atoms with Gasteiger partial charge in [-0.05, 0) is 32.9 Å². The fraction of sp³-hybridized carbons (Fsp3) is 0.444. The fourth-order valence-electron chi connectivity index (χ4n) is 2.34. The molecule has 1 aromatic carbocycles. The van der Waals surface area contributed by atoms with Crippen LogP contribution in [0.25, 0.3) is 11.4 Å². The van der Waals surface area contributed by atoms with Gasteiger partial charge in [-0.2, -0.15) is 0 Å². The van der Waals surface area contributed by atoms with Gasteiger partial charge in [-0.25, -0.2) is 9.97 Å². The van der Waals surface area contributed by atoms with Crippen molar-refractivity contribution in [3.05, 3.63) is 41.1 Å². The Kier molecular flexibility index (Phi) is 4.31. The lowest BCUT2D eigenvalue weighted by atomic mass is 9.91. The van der Waals surface area contributed by atoms with Gasteiger partial charge in [0, 0.05) is 23.6 Å². The molecule has 21 heavy (non-hydrogen) atoms.